The number of carbonyl (C=O) groups is 1. The molecule has 0 spiro atoms. The van der Waals surface area contributed by atoms with Gasteiger partial charge in [0.2, 0.25) is 0 Å². The van der Waals surface area contributed by atoms with Crippen molar-refractivity contribution in [3.63, 3.8) is 0 Å². The van der Waals surface area contributed by atoms with E-state index in [1.165, 1.54) is 12.1 Å². The first kappa shape index (κ1) is 14.5. The van der Waals surface area contributed by atoms with Gasteiger partial charge in [0.1, 0.15) is 11.2 Å². The SMILES string of the molecule is O=C(c1ccc(F)c(F)c1F)C(Cl)c1ccc(F)cc1. The fourth-order valence-electron chi connectivity index (χ4n) is 1.64. The molecule has 0 aliphatic carbocycles. The van der Waals surface area contributed by atoms with Crippen LogP contribution in [-0.4, -0.2) is 5.78 Å². The molecule has 1 nitrogen and oxygen atoms in total. The zero-order valence-corrected chi connectivity index (χ0v) is 10.6. The largest absolute Gasteiger partial charge is 0.292 e. The van der Waals surface area contributed by atoms with E-state index >= 15 is 0 Å². The number of carbonyl (C=O) groups excluding carboxylic acids is 1. The normalized spacial score (nSPS) is 12.2. The molecular weight excluding hydrogens is 296 g/mol. The summed E-state index contributed by atoms with van der Waals surface area (Å²) in [5, 5.41) is -1.32. The van der Waals surface area contributed by atoms with Crippen molar-refractivity contribution in [2.75, 3.05) is 0 Å². The lowest BCUT2D eigenvalue weighted by molar-refractivity contribution is 0.0982. The molecule has 0 aliphatic heterocycles. The van der Waals surface area contributed by atoms with Gasteiger partial charge in [-0.1, -0.05) is 12.1 Å². The van der Waals surface area contributed by atoms with Gasteiger partial charge in [0.05, 0.1) is 5.56 Å². The summed E-state index contributed by atoms with van der Waals surface area (Å²) < 4.78 is 52.1. The summed E-state index contributed by atoms with van der Waals surface area (Å²) in [6, 6.07) is 6.12. The maximum atomic E-state index is 13.5. The first-order chi connectivity index (χ1) is 9.41. The van der Waals surface area contributed by atoms with E-state index in [1.54, 1.807) is 0 Å². The van der Waals surface area contributed by atoms with Crippen LogP contribution in [0.15, 0.2) is 36.4 Å². The third-order valence-electron chi connectivity index (χ3n) is 2.69. The van der Waals surface area contributed by atoms with Crippen molar-refractivity contribution in [3.05, 3.63) is 70.8 Å². The van der Waals surface area contributed by atoms with Crippen molar-refractivity contribution >= 4 is 17.4 Å². The van der Waals surface area contributed by atoms with Crippen molar-refractivity contribution in [1.29, 1.82) is 0 Å². The highest BCUT2D eigenvalue weighted by Gasteiger charge is 2.25. The quantitative estimate of drug-likeness (QED) is 0.355. The molecule has 0 N–H and O–H groups in total. The fraction of sp³-hybridized carbons (Fsp3) is 0.0714. The number of alkyl halides is 1. The lowest BCUT2D eigenvalue weighted by atomic mass is 10.0. The summed E-state index contributed by atoms with van der Waals surface area (Å²) in [6.07, 6.45) is 0. The monoisotopic (exact) mass is 302 g/mol. The van der Waals surface area contributed by atoms with Crippen LogP contribution in [0.4, 0.5) is 17.6 Å². The Labute approximate surface area is 116 Å². The zero-order valence-electron chi connectivity index (χ0n) is 9.84. The van der Waals surface area contributed by atoms with Crippen LogP contribution in [0.2, 0.25) is 0 Å². The third kappa shape index (κ3) is 2.67. The fourth-order valence-corrected chi connectivity index (χ4v) is 1.90. The summed E-state index contributed by atoms with van der Waals surface area (Å²) in [5.74, 6) is -6.19. The first-order valence-corrected chi connectivity index (χ1v) is 5.92. The van der Waals surface area contributed by atoms with Crippen LogP contribution < -0.4 is 0 Å². The summed E-state index contributed by atoms with van der Waals surface area (Å²) in [7, 11) is 0. The molecule has 0 aromatic heterocycles. The minimum atomic E-state index is -1.74. The summed E-state index contributed by atoms with van der Waals surface area (Å²) in [5.41, 5.74) is -0.435. The van der Waals surface area contributed by atoms with Crippen molar-refractivity contribution in [2.45, 2.75) is 5.38 Å². The van der Waals surface area contributed by atoms with Crippen LogP contribution in [-0.2, 0) is 0 Å². The van der Waals surface area contributed by atoms with Crippen LogP contribution in [0.25, 0.3) is 0 Å². The third-order valence-corrected chi connectivity index (χ3v) is 3.14. The Morgan fingerprint density at radius 1 is 0.900 bits per heavy atom. The second-order valence-electron chi connectivity index (χ2n) is 4.00. The molecule has 0 heterocycles. The molecule has 0 bridgehead atoms. The lowest BCUT2D eigenvalue weighted by Crippen LogP contribution is -2.11. The molecule has 2 rings (SSSR count). The molecule has 2 aromatic carbocycles. The van der Waals surface area contributed by atoms with Crippen LogP contribution in [0.3, 0.4) is 0 Å². The number of hydrogen-bond acceptors (Lipinski definition) is 1. The average molecular weight is 303 g/mol. The van der Waals surface area contributed by atoms with Crippen molar-refractivity contribution in [1.82, 2.24) is 0 Å². The molecule has 0 fully saturated rings. The van der Waals surface area contributed by atoms with E-state index in [4.69, 9.17) is 11.6 Å². The highest BCUT2D eigenvalue weighted by molar-refractivity contribution is 6.33. The van der Waals surface area contributed by atoms with Gasteiger partial charge in [0, 0.05) is 0 Å². The summed E-state index contributed by atoms with van der Waals surface area (Å²) in [6.45, 7) is 0. The predicted octanol–water partition coefficient (Wildman–Crippen LogP) is 4.41. The summed E-state index contributed by atoms with van der Waals surface area (Å²) in [4.78, 5) is 12.0. The number of ketones is 1. The van der Waals surface area contributed by atoms with E-state index in [1.807, 2.05) is 0 Å². The average Bonchev–Trinajstić information content (AvgIpc) is 2.44. The maximum Gasteiger partial charge on any atom is 0.195 e. The van der Waals surface area contributed by atoms with E-state index < -0.39 is 40.0 Å². The highest BCUT2D eigenvalue weighted by atomic mass is 35.5. The van der Waals surface area contributed by atoms with Gasteiger partial charge >= 0.3 is 0 Å². The first-order valence-electron chi connectivity index (χ1n) is 5.49. The number of halogens is 5. The van der Waals surface area contributed by atoms with Crippen LogP contribution in [0.5, 0.6) is 0 Å². The van der Waals surface area contributed by atoms with Gasteiger partial charge in [-0.3, -0.25) is 4.79 Å². The zero-order chi connectivity index (χ0) is 14.9. The molecule has 2 aromatic rings. The molecule has 1 atom stereocenters. The van der Waals surface area contributed by atoms with Crippen LogP contribution in [0, 0.1) is 23.3 Å². The topological polar surface area (TPSA) is 17.1 Å². The number of benzene rings is 2. The van der Waals surface area contributed by atoms with Crippen molar-refractivity contribution < 1.29 is 22.4 Å². The Hall–Kier alpha value is -1.88. The van der Waals surface area contributed by atoms with Gasteiger partial charge < -0.3 is 0 Å². The van der Waals surface area contributed by atoms with Gasteiger partial charge in [-0.2, -0.15) is 0 Å². The number of Topliss-reactive ketones (excluding diaryl/α,β-unsaturated/α-hetero) is 1. The smallest absolute Gasteiger partial charge is 0.195 e. The second kappa shape index (κ2) is 5.63. The van der Waals surface area contributed by atoms with E-state index in [2.05, 4.69) is 0 Å². The highest BCUT2D eigenvalue weighted by Crippen LogP contribution is 2.27. The lowest BCUT2D eigenvalue weighted by Gasteiger charge is -2.10. The maximum absolute atomic E-state index is 13.5. The molecule has 0 saturated heterocycles. The Morgan fingerprint density at radius 3 is 2.10 bits per heavy atom. The molecule has 0 radical (unpaired) electrons. The number of hydrogen-bond donors (Lipinski definition) is 0. The molecule has 104 valence electrons. The van der Waals surface area contributed by atoms with Crippen LogP contribution in [0.1, 0.15) is 21.3 Å². The molecule has 6 heteroatoms. The molecule has 0 aliphatic rings. The standard InChI is InChI=1S/C14H7ClF4O/c15-11(7-1-3-8(16)4-2-7)14(20)9-5-6-10(17)13(19)12(9)18/h1-6,11H. The number of rotatable bonds is 3. The Morgan fingerprint density at radius 2 is 1.50 bits per heavy atom. The molecular formula is C14H7ClF4O. The van der Waals surface area contributed by atoms with Gasteiger partial charge in [-0.25, -0.2) is 17.6 Å². The van der Waals surface area contributed by atoms with Gasteiger partial charge in [-0.05, 0) is 29.8 Å². The minimum absolute atomic E-state index is 0.224. The Kier molecular flexibility index (Phi) is 4.09. The van der Waals surface area contributed by atoms with Gasteiger partial charge in [0.25, 0.3) is 0 Å². The molecule has 1 unspecified atom stereocenters. The van der Waals surface area contributed by atoms with E-state index in [-0.39, 0.29) is 5.56 Å². The molecule has 0 saturated carbocycles. The molecule has 20 heavy (non-hydrogen) atoms. The van der Waals surface area contributed by atoms with Gasteiger partial charge in [0.15, 0.2) is 23.2 Å². The van der Waals surface area contributed by atoms with Crippen LogP contribution >= 0.6 is 11.6 Å². The Bertz CT molecular complexity index is 655. The van der Waals surface area contributed by atoms with E-state index in [9.17, 15) is 22.4 Å². The predicted molar refractivity (Wildman–Crippen MR) is 65.6 cm³/mol. The minimum Gasteiger partial charge on any atom is -0.292 e. The second-order valence-corrected chi connectivity index (χ2v) is 4.44. The van der Waals surface area contributed by atoms with Gasteiger partial charge in [-0.15, -0.1) is 11.6 Å². The Balaban J connectivity index is 2.36. The van der Waals surface area contributed by atoms with E-state index in [0.29, 0.717) is 6.07 Å². The molecule has 0 amide bonds. The van der Waals surface area contributed by atoms with Crippen molar-refractivity contribution in [3.8, 4) is 0 Å². The summed E-state index contributed by atoms with van der Waals surface area (Å²) >= 11 is 5.85. The van der Waals surface area contributed by atoms with E-state index in [0.717, 1.165) is 18.2 Å². The van der Waals surface area contributed by atoms with Crippen molar-refractivity contribution in [2.24, 2.45) is 0 Å².